The van der Waals surface area contributed by atoms with Gasteiger partial charge in [-0.05, 0) is 26.7 Å². The predicted molar refractivity (Wildman–Crippen MR) is 49.7 cm³/mol. The molecular weight excluding hydrogens is 156 g/mol. The molecule has 0 aliphatic carbocycles. The molecule has 12 heavy (non-hydrogen) atoms. The van der Waals surface area contributed by atoms with Crippen LogP contribution in [0.25, 0.3) is 0 Å². The summed E-state index contributed by atoms with van der Waals surface area (Å²) in [6, 6.07) is 0. The molecule has 0 amide bonds. The lowest BCUT2D eigenvalue weighted by Crippen LogP contribution is -2.15. The Bertz CT molecular complexity index is 80.3. The quantitative estimate of drug-likeness (QED) is 0.570. The second-order valence-electron chi connectivity index (χ2n) is 3.35. The number of hydrogen-bond acceptors (Lipinski definition) is 3. The number of aliphatic hydroxyl groups excluding tert-OH is 1. The van der Waals surface area contributed by atoms with Gasteiger partial charge >= 0.3 is 0 Å². The van der Waals surface area contributed by atoms with Crippen LogP contribution in [0.4, 0.5) is 0 Å². The molecule has 0 spiro atoms. The highest BCUT2D eigenvalue weighted by atomic mass is 16.5. The second-order valence-corrected chi connectivity index (χ2v) is 3.35. The summed E-state index contributed by atoms with van der Waals surface area (Å²) in [6.07, 6.45) is 2.89. The average molecular weight is 178 g/mol. The molecule has 0 bridgehead atoms. The van der Waals surface area contributed by atoms with Crippen molar-refractivity contribution in [2.75, 3.05) is 0 Å². The Kier molecular flexibility index (Phi) is 9.03. The van der Waals surface area contributed by atoms with Crippen LogP contribution in [0.2, 0.25) is 0 Å². The van der Waals surface area contributed by atoms with E-state index in [1.165, 1.54) is 13.8 Å². The van der Waals surface area contributed by atoms with Crippen LogP contribution in [-0.2, 0) is 0 Å². The van der Waals surface area contributed by atoms with Crippen LogP contribution < -0.4 is 0 Å². The van der Waals surface area contributed by atoms with Gasteiger partial charge in [0.15, 0.2) is 5.79 Å². The fraction of sp³-hybridized carbons (Fsp3) is 1.00. The van der Waals surface area contributed by atoms with Gasteiger partial charge in [-0.15, -0.1) is 0 Å². The van der Waals surface area contributed by atoms with E-state index in [4.69, 9.17) is 15.3 Å². The van der Waals surface area contributed by atoms with E-state index in [0.717, 1.165) is 19.3 Å². The number of hydrogen-bond donors (Lipinski definition) is 3. The van der Waals surface area contributed by atoms with Crippen LogP contribution in [-0.4, -0.2) is 27.2 Å². The molecule has 76 valence electrons. The van der Waals surface area contributed by atoms with Gasteiger partial charge in [0.1, 0.15) is 0 Å². The first-order chi connectivity index (χ1) is 5.31. The van der Waals surface area contributed by atoms with Crippen LogP contribution >= 0.6 is 0 Å². The first-order valence-corrected chi connectivity index (χ1v) is 4.44. The normalized spacial score (nSPS) is 13.2. The van der Waals surface area contributed by atoms with E-state index in [1.54, 1.807) is 0 Å². The van der Waals surface area contributed by atoms with Gasteiger partial charge in [-0.1, -0.05) is 20.3 Å². The Morgan fingerprint density at radius 1 is 1.17 bits per heavy atom. The van der Waals surface area contributed by atoms with Crippen LogP contribution in [0.15, 0.2) is 0 Å². The van der Waals surface area contributed by atoms with Crippen LogP contribution in [0, 0.1) is 0 Å². The van der Waals surface area contributed by atoms with E-state index in [-0.39, 0.29) is 6.10 Å². The molecule has 1 atom stereocenters. The molecule has 3 heteroatoms. The highest BCUT2D eigenvalue weighted by Crippen LogP contribution is 1.98. The maximum atomic E-state index is 8.86. The summed E-state index contributed by atoms with van der Waals surface area (Å²) < 4.78 is 0. The lowest BCUT2D eigenvalue weighted by molar-refractivity contribution is -0.127. The molecule has 0 aromatic rings. The van der Waals surface area contributed by atoms with E-state index in [1.807, 2.05) is 6.92 Å². The molecule has 0 aliphatic rings. The third-order valence-electron chi connectivity index (χ3n) is 1.09. The van der Waals surface area contributed by atoms with Crippen molar-refractivity contribution >= 4 is 0 Å². The molecule has 0 aliphatic heterocycles. The molecule has 0 heterocycles. The highest BCUT2D eigenvalue weighted by molar-refractivity contribution is 4.47. The first-order valence-electron chi connectivity index (χ1n) is 4.44. The summed E-state index contributed by atoms with van der Waals surface area (Å²) in [5, 5.41) is 25.0. The van der Waals surface area contributed by atoms with Crippen molar-refractivity contribution in [3.63, 3.8) is 0 Å². The Morgan fingerprint density at radius 3 is 1.58 bits per heavy atom. The third kappa shape index (κ3) is 32.7. The molecule has 0 fully saturated rings. The minimum Gasteiger partial charge on any atom is -0.393 e. The Morgan fingerprint density at radius 2 is 1.50 bits per heavy atom. The zero-order chi connectivity index (χ0) is 10.2. The van der Waals surface area contributed by atoms with Gasteiger partial charge in [-0.3, -0.25) is 0 Å². The topological polar surface area (TPSA) is 60.7 Å². The molecule has 0 aromatic carbocycles. The maximum Gasteiger partial charge on any atom is 0.156 e. The zero-order valence-corrected chi connectivity index (χ0v) is 8.54. The molecular formula is C9H22O3. The van der Waals surface area contributed by atoms with E-state index < -0.39 is 5.79 Å². The van der Waals surface area contributed by atoms with Gasteiger partial charge in [0.25, 0.3) is 0 Å². The predicted octanol–water partition coefficient (Wildman–Crippen LogP) is 1.26. The van der Waals surface area contributed by atoms with Gasteiger partial charge < -0.3 is 15.3 Å². The van der Waals surface area contributed by atoms with Crippen LogP contribution in [0.5, 0.6) is 0 Å². The molecule has 0 saturated heterocycles. The van der Waals surface area contributed by atoms with E-state index in [0.29, 0.717) is 0 Å². The van der Waals surface area contributed by atoms with Crippen molar-refractivity contribution in [1.82, 2.24) is 0 Å². The van der Waals surface area contributed by atoms with Gasteiger partial charge in [-0.25, -0.2) is 0 Å². The minimum absolute atomic E-state index is 0.0509. The van der Waals surface area contributed by atoms with Gasteiger partial charge in [0, 0.05) is 0 Å². The summed E-state index contributed by atoms with van der Waals surface area (Å²) >= 11 is 0. The average Bonchev–Trinajstić information content (AvgIpc) is 1.85. The SMILES string of the molecule is CC(C)(O)O.CCCC(O)CC. The molecule has 1 unspecified atom stereocenters. The summed E-state index contributed by atoms with van der Waals surface area (Å²) in [4.78, 5) is 0. The molecule has 3 nitrogen and oxygen atoms in total. The second kappa shape index (κ2) is 7.53. The molecule has 3 N–H and O–H groups in total. The van der Waals surface area contributed by atoms with Crippen molar-refractivity contribution in [2.24, 2.45) is 0 Å². The van der Waals surface area contributed by atoms with Gasteiger partial charge in [0.05, 0.1) is 6.10 Å². The summed E-state index contributed by atoms with van der Waals surface area (Å²) in [7, 11) is 0. The number of rotatable bonds is 3. The third-order valence-corrected chi connectivity index (χ3v) is 1.09. The van der Waals surface area contributed by atoms with Crippen LogP contribution in [0.1, 0.15) is 47.0 Å². The van der Waals surface area contributed by atoms with Crippen molar-refractivity contribution in [1.29, 1.82) is 0 Å². The zero-order valence-electron chi connectivity index (χ0n) is 8.54. The lowest BCUT2D eigenvalue weighted by Gasteiger charge is -2.03. The summed E-state index contributed by atoms with van der Waals surface area (Å²) in [5.41, 5.74) is 0. The highest BCUT2D eigenvalue weighted by Gasteiger charge is 2.00. The monoisotopic (exact) mass is 178 g/mol. The van der Waals surface area contributed by atoms with Gasteiger partial charge in [-0.2, -0.15) is 0 Å². The standard InChI is InChI=1S/C6H14O.C3H8O2/c1-3-5-6(7)4-2;1-3(2,4)5/h6-7H,3-5H2,1-2H3;4-5H,1-2H3. The van der Waals surface area contributed by atoms with E-state index in [9.17, 15) is 0 Å². The van der Waals surface area contributed by atoms with E-state index in [2.05, 4.69) is 6.92 Å². The van der Waals surface area contributed by atoms with Crippen molar-refractivity contribution in [2.45, 2.75) is 58.8 Å². The van der Waals surface area contributed by atoms with Crippen LogP contribution in [0.3, 0.4) is 0 Å². The fourth-order valence-corrected chi connectivity index (χ4v) is 0.537. The Balaban J connectivity index is 0. The van der Waals surface area contributed by atoms with E-state index >= 15 is 0 Å². The first kappa shape index (κ1) is 14.4. The Labute approximate surface area is 75.0 Å². The smallest absolute Gasteiger partial charge is 0.156 e. The number of aliphatic hydroxyl groups is 3. The largest absolute Gasteiger partial charge is 0.393 e. The lowest BCUT2D eigenvalue weighted by atomic mass is 10.2. The molecule has 0 aromatic heterocycles. The fourth-order valence-electron chi connectivity index (χ4n) is 0.537. The van der Waals surface area contributed by atoms with Gasteiger partial charge in [0.2, 0.25) is 0 Å². The summed E-state index contributed by atoms with van der Waals surface area (Å²) in [6.45, 7) is 6.68. The Hall–Kier alpha value is -0.120. The van der Waals surface area contributed by atoms with Crippen molar-refractivity contribution < 1.29 is 15.3 Å². The molecule has 0 radical (unpaired) electrons. The maximum absolute atomic E-state index is 8.86. The molecule has 0 rings (SSSR count). The van der Waals surface area contributed by atoms with Crippen molar-refractivity contribution in [3.05, 3.63) is 0 Å². The summed E-state index contributed by atoms with van der Waals surface area (Å²) in [5.74, 6) is -1.50. The molecule has 0 saturated carbocycles. The van der Waals surface area contributed by atoms with Crippen molar-refractivity contribution in [3.8, 4) is 0 Å². The minimum atomic E-state index is -1.50.